The molecule has 0 fully saturated rings. The van der Waals surface area contributed by atoms with Crippen molar-refractivity contribution in [3.8, 4) is 0 Å². The Morgan fingerprint density at radius 3 is 2.33 bits per heavy atom. The fraction of sp³-hybridized carbons (Fsp3) is 0.0833. The predicted molar refractivity (Wildman–Crippen MR) is 65.6 cm³/mol. The molecule has 94 valence electrons. The Balaban J connectivity index is 2.08. The Morgan fingerprint density at radius 1 is 1.11 bits per heavy atom. The first kappa shape index (κ1) is 12.9. The minimum absolute atomic E-state index is 0.163. The molecule has 2 rings (SSSR count). The first-order valence-corrected chi connectivity index (χ1v) is 5.84. The molecule has 1 aromatic carbocycles. The van der Waals surface area contributed by atoms with E-state index in [9.17, 15) is 13.2 Å². The minimum Gasteiger partial charge on any atom is -0.379 e. The first-order chi connectivity index (χ1) is 8.56. The summed E-state index contributed by atoms with van der Waals surface area (Å²) in [6.45, 7) is 0.289. The van der Waals surface area contributed by atoms with Crippen molar-refractivity contribution in [1.29, 1.82) is 0 Å². The van der Waals surface area contributed by atoms with Crippen LogP contribution < -0.4 is 5.32 Å². The van der Waals surface area contributed by atoms with E-state index in [1.54, 1.807) is 18.3 Å². The number of nitrogens with one attached hydrogen (secondary N) is 1. The summed E-state index contributed by atoms with van der Waals surface area (Å²) in [4.78, 5) is 4.08. The van der Waals surface area contributed by atoms with Gasteiger partial charge in [0.05, 0.1) is 12.2 Å². The fourth-order valence-corrected chi connectivity index (χ4v) is 1.60. The molecule has 0 saturated carbocycles. The summed E-state index contributed by atoms with van der Waals surface area (Å²) in [7, 11) is 0. The standard InChI is InChI=1S/C12H8BrF3N2/c13-7-1-2-8(17-5-7)6-18-9-3-10(14)12(16)11(15)4-9/h1-5,18H,6H2. The maximum Gasteiger partial charge on any atom is 0.194 e. The third-order valence-electron chi connectivity index (χ3n) is 2.25. The smallest absolute Gasteiger partial charge is 0.194 e. The molecule has 0 saturated heterocycles. The number of benzene rings is 1. The van der Waals surface area contributed by atoms with Crippen LogP contribution in [0.5, 0.6) is 0 Å². The zero-order chi connectivity index (χ0) is 13.1. The van der Waals surface area contributed by atoms with Crippen molar-refractivity contribution >= 4 is 21.6 Å². The van der Waals surface area contributed by atoms with E-state index in [1.165, 1.54) is 0 Å². The molecule has 0 aliphatic heterocycles. The van der Waals surface area contributed by atoms with Crippen LogP contribution >= 0.6 is 15.9 Å². The van der Waals surface area contributed by atoms with E-state index in [2.05, 4.69) is 26.2 Å². The van der Waals surface area contributed by atoms with Gasteiger partial charge in [0.15, 0.2) is 17.5 Å². The highest BCUT2D eigenvalue weighted by Crippen LogP contribution is 2.18. The van der Waals surface area contributed by atoms with Crippen LogP contribution in [0.1, 0.15) is 5.69 Å². The van der Waals surface area contributed by atoms with Gasteiger partial charge in [0, 0.05) is 28.5 Å². The van der Waals surface area contributed by atoms with Gasteiger partial charge in [-0.25, -0.2) is 13.2 Å². The lowest BCUT2D eigenvalue weighted by atomic mass is 10.2. The molecule has 2 nitrogen and oxygen atoms in total. The van der Waals surface area contributed by atoms with Crippen LogP contribution in [-0.4, -0.2) is 4.98 Å². The van der Waals surface area contributed by atoms with E-state index in [0.717, 1.165) is 16.6 Å². The lowest BCUT2D eigenvalue weighted by Crippen LogP contribution is -2.03. The van der Waals surface area contributed by atoms with E-state index in [-0.39, 0.29) is 12.2 Å². The molecule has 2 aromatic rings. The lowest BCUT2D eigenvalue weighted by molar-refractivity contribution is 0.447. The number of hydrogen-bond acceptors (Lipinski definition) is 2. The van der Waals surface area contributed by atoms with Crippen molar-refractivity contribution in [3.63, 3.8) is 0 Å². The summed E-state index contributed by atoms with van der Waals surface area (Å²) in [5, 5.41) is 2.76. The van der Waals surface area contributed by atoms with Crippen LogP contribution in [0, 0.1) is 17.5 Å². The number of hydrogen-bond donors (Lipinski definition) is 1. The molecule has 0 atom stereocenters. The van der Waals surface area contributed by atoms with Crippen molar-refractivity contribution in [2.45, 2.75) is 6.54 Å². The van der Waals surface area contributed by atoms with Gasteiger partial charge < -0.3 is 5.32 Å². The van der Waals surface area contributed by atoms with Gasteiger partial charge >= 0.3 is 0 Å². The van der Waals surface area contributed by atoms with Crippen LogP contribution in [0.15, 0.2) is 34.9 Å². The summed E-state index contributed by atoms with van der Waals surface area (Å²) in [6.07, 6.45) is 1.61. The first-order valence-electron chi connectivity index (χ1n) is 5.05. The summed E-state index contributed by atoms with van der Waals surface area (Å²) < 4.78 is 39.4. The topological polar surface area (TPSA) is 24.9 Å². The predicted octanol–water partition coefficient (Wildman–Crippen LogP) is 3.87. The van der Waals surface area contributed by atoms with Crippen LogP contribution in [0.4, 0.5) is 18.9 Å². The van der Waals surface area contributed by atoms with Crippen LogP contribution in [-0.2, 0) is 6.54 Å². The van der Waals surface area contributed by atoms with Gasteiger partial charge in [-0.2, -0.15) is 0 Å². The van der Waals surface area contributed by atoms with Gasteiger partial charge in [-0.3, -0.25) is 4.98 Å². The van der Waals surface area contributed by atoms with Gasteiger partial charge in [0.1, 0.15) is 0 Å². The highest BCUT2D eigenvalue weighted by molar-refractivity contribution is 9.10. The van der Waals surface area contributed by atoms with Crippen molar-refractivity contribution in [3.05, 3.63) is 58.1 Å². The maximum atomic E-state index is 12.9. The quantitative estimate of drug-likeness (QED) is 0.869. The Kier molecular flexibility index (Phi) is 3.86. The van der Waals surface area contributed by atoms with Crippen LogP contribution in [0.25, 0.3) is 0 Å². The molecule has 0 bridgehead atoms. The zero-order valence-corrected chi connectivity index (χ0v) is 10.6. The Bertz CT molecular complexity index is 535. The molecular formula is C12H8BrF3N2. The third-order valence-corrected chi connectivity index (χ3v) is 2.72. The summed E-state index contributed by atoms with van der Waals surface area (Å²) in [6, 6.07) is 5.36. The molecule has 0 spiro atoms. The minimum atomic E-state index is -1.47. The van der Waals surface area contributed by atoms with Gasteiger partial charge in [-0.15, -0.1) is 0 Å². The normalized spacial score (nSPS) is 10.4. The maximum absolute atomic E-state index is 12.9. The number of nitrogens with zero attached hydrogens (tertiary/aromatic N) is 1. The molecule has 0 unspecified atom stereocenters. The average molecular weight is 317 g/mol. The molecule has 1 aromatic heterocycles. The lowest BCUT2D eigenvalue weighted by Gasteiger charge is -2.07. The van der Waals surface area contributed by atoms with Crippen LogP contribution in [0.2, 0.25) is 0 Å². The molecule has 0 aliphatic carbocycles. The van der Waals surface area contributed by atoms with Gasteiger partial charge in [0.2, 0.25) is 0 Å². The summed E-state index contributed by atoms with van der Waals surface area (Å²) in [5.74, 6) is -3.91. The number of aromatic nitrogens is 1. The number of halogens is 4. The monoisotopic (exact) mass is 316 g/mol. The molecule has 1 heterocycles. The van der Waals surface area contributed by atoms with Crippen molar-refractivity contribution in [2.75, 3.05) is 5.32 Å². The molecule has 0 aliphatic rings. The molecule has 6 heteroatoms. The van der Waals surface area contributed by atoms with Crippen molar-refractivity contribution in [1.82, 2.24) is 4.98 Å². The van der Waals surface area contributed by atoms with Crippen molar-refractivity contribution < 1.29 is 13.2 Å². The number of anilines is 1. The van der Waals surface area contributed by atoms with Gasteiger partial charge in [0.25, 0.3) is 0 Å². The second kappa shape index (κ2) is 5.39. The average Bonchev–Trinajstić information content (AvgIpc) is 2.35. The SMILES string of the molecule is Fc1cc(NCc2ccc(Br)cn2)cc(F)c1F. The fourth-order valence-electron chi connectivity index (χ4n) is 1.36. The Hall–Kier alpha value is -1.56. The zero-order valence-electron chi connectivity index (χ0n) is 9.05. The Morgan fingerprint density at radius 2 is 1.78 bits per heavy atom. The molecular weight excluding hydrogens is 309 g/mol. The second-order valence-corrected chi connectivity index (χ2v) is 4.49. The highest BCUT2D eigenvalue weighted by atomic mass is 79.9. The van der Waals surface area contributed by atoms with Crippen molar-refractivity contribution in [2.24, 2.45) is 0 Å². The van der Waals surface area contributed by atoms with Crippen LogP contribution in [0.3, 0.4) is 0 Å². The largest absolute Gasteiger partial charge is 0.379 e. The van der Waals surface area contributed by atoms with E-state index < -0.39 is 17.5 Å². The highest BCUT2D eigenvalue weighted by Gasteiger charge is 2.10. The second-order valence-electron chi connectivity index (χ2n) is 3.58. The summed E-state index contributed by atoms with van der Waals surface area (Å²) in [5.41, 5.74) is 0.861. The van der Waals surface area contributed by atoms with E-state index >= 15 is 0 Å². The number of rotatable bonds is 3. The van der Waals surface area contributed by atoms with Gasteiger partial charge in [-0.1, -0.05) is 0 Å². The Labute approximate surface area is 110 Å². The molecule has 0 amide bonds. The summed E-state index contributed by atoms with van der Waals surface area (Å²) >= 11 is 3.24. The number of pyridine rings is 1. The van der Waals surface area contributed by atoms with Gasteiger partial charge in [-0.05, 0) is 28.1 Å². The van der Waals surface area contributed by atoms with E-state index in [0.29, 0.717) is 5.69 Å². The molecule has 0 radical (unpaired) electrons. The molecule has 1 N–H and O–H groups in total. The molecule has 18 heavy (non-hydrogen) atoms. The third kappa shape index (κ3) is 3.01. The van der Waals surface area contributed by atoms with E-state index in [4.69, 9.17) is 0 Å². The van der Waals surface area contributed by atoms with E-state index in [1.807, 2.05) is 0 Å².